The number of ether oxygens (including phenoxy) is 1. The molecule has 3 heterocycles. The molecular formula is C22H27N3O2S. The molecule has 1 N–H and O–H groups in total. The molecule has 0 saturated carbocycles. The van der Waals surface area contributed by atoms with Gasteiger partial charge in [0.25, 0.3) is 0 Å². The number of nitrogens with zero attached hydrogens (tertiary/aromatic N) is 3. The fourth-order valence-corrected chi connectivity index (χ4v) is 4.56. The summed E-state index contributed by atoms with van der Waals surface area (Å²) in [4.78, 5) is 7.61. The van der Waals surface area contributed by atoms with E-state index in [1.54, 1.807) is 23.9 Å². The van der Waals surface area contributed by atoms with Crippen molar-refractivity contribution in [3.05, 3.63) is 70.9 Å². The number of rotatable bonds is 8. The molecule has 0 radical (unpaired) electrons. The summed E-state index contributed by atoms with van der Waals surface area (Å²) in [5.41, 5.74) is 1.30. The number of aliphatic hydroxyl groups excluding tert-OH is 1. The van der Waals surface area contributed by atoms with Crippen LogP contribution in [-0.2, 0) is 13.1 Å². The van der Waals surface area contributed by atoms with Crippen molar-refractivity contribution in [3.63, 3.8) is 0 Å². The maximum Gasteiger partial charge on any atom is 0.119 e. The minimum absolute atomic E-state index is 0.305. The second-order valence-corrected chi connectivity index (χ2v) is 8.35. The van der Waals surface area contributed by atoms with Gasteiger partial charge in [-0.15, -0.1) is 11.3 Å². The van der Waals surface area contributed by atoms with E-state index >= 15 is 0 Å². The Balaban J connectivity index is 1.20. The number of aliphatic hydroxyl groups is 1. The lowest BCUT2D eigenvalue weighted by atomic mass is 9.90. The lowest BCUT2D eigenvalue weighted by Crippen LogP contribution is -2.35. The molecule has 1 fully saturated rings. The van der Waals surface area contributed by atoms with E-state index < -0.39 is 0 Å². The van der Waals surface area contributed by atoms with Gasteiger partial charge in [-0.3, -0.25) is 4.90 Å². The van der Waals surface area contributed by atoms with Gasteiger partial charge in [-0.05, 0) is 61.0 Å². The summed E-state index contributed by atoms with van der Waals surface area (Å²) in [6, 6.07) is 12.5. The van der Waals surface area contributed by atoms with E-state index in [0.29, 0.717) is 12.5 Å². The van der Waals surface area contributed by atoms with Gasteiger partial charge in [-0.2, -0.15) is 0 Å². The highest BCUT2D eigenvalue weighted by atomic mass is 32.1. The normalized spacial score (nSPS) is 16.9. The Hall–Kier alpha value is -2.15. The van der Waals surface area contributed by atoms with Gasteiger partial charge in [-0.1, -0.05) is 18.2 Å². The number of hydrogen-bond acceptors (Lipinski definition) is 5. The summed E-state index contributed by atoms with van der Waals surface area (Å²) in [6.45, 7) is 4.47. The molecule has 3 aromatic rings. The first-order valence-electron chi connectivity index (χ1n) is 9.89. The molecule has 28 heavy (non-hydrogen) atoms. The fourth-order valence-electron chi connectivity index (χ4n) is 3.76. The van der Waals surface area contributed by atoms with Crippen molar-refractivity contribution in [1.82, 2.24) is 14.5 Å². The Bertz CT molecular complexity index is 810. The van der Waals surface area contributed by atoms with Gasteiger partial charge in [0.05, 0.1) is 19.0 Å². The molecule has 2 aromatic heterocycles. The number of likely N-dealkylation sites (tertiary alicyclic amines) is 1. The van der Waals surface area contributed by atoms with Gasteiger partial charge < -0.3 is 14.4 Å². The van der Waals surface area contributed by atoms with E-state index in [2.05, 4.69) is 34.1 Å². The van der Waals surface area contributed by atoms with Crippen LogP contribution in [0.3, 0.4) is 0 Å². The molecule has 6 heteroatoms. The predicted octanol–water partition coefficient (Wildman–Crippen LogP) is 3.97. The Morgan fingerprint density at radius 3 is 2.68 bits per heavy atom. The summed E-state index contributed by atoms with van der Waals surface area (Å²) in [7, 11) is 0. The van der Waals surface area contributed by atoms with Crippen LogP contribution < -0.4 is 4.74 Å². The topological polar surface area (TPSA) is 50.5 Å². The van der Waals surface area contributed by atoms with Crippen LogP contribution in [0, 0.1) is 5.92 Å². The molecule has 148 valence electrons. The standard InChI is InChI=1S/C22H27N3O2S/c26-22(21-2-1-15-28-21)19-7-10-24(11-8-19)16-18-3-5-20(6-4-18)27-14-13-25-12-9-23-17-25/h1-6,9,12,15,17,19,22,26H,7-8,10-11,13-14,16H2. The molecule has 1 aromatic carbocycles. The second-order valence-electron chi connectivity index (χ2n) is 7.37. The van der Waals surface area contributed by atoms with Crippen LogP contribution in [0.15, 0.2) is 60.5 Å². The SMILES string of the molecule is OC(c1cccs1)C1CCN(Cc2ccc(OCCn3ccnc3)cc2)CC1. The minimum atomic E-state index is -0.305. The zero-order valence-electron chi connectivity index (χ0n) is 16.0. The first kappa shape index (κ1) is 19.2. The average Bonchev–Trinajstić information content (AvgIpc) is 3.44. The van der Waals surface area contributed by atoms with Crippen molar-refractivity contribution in [2.45, 2.75) is 32.0 Å². The summed E-state index contributed by atoms with van der Waals surface area (Å²) in [5.74, 6) is 1.28. The number of benzene rings is 1. The largest absolute Gasteiger partial charge is 0.492 e. The summed E-state index contributed by atoms with van der Waals surface area (Å²) in [5, 5.41) is 12.6. The zero-order valence-corrected chi connectivity index (χ0v) is 16.8. The van der Waals surface area contributed by atoms with Crippen molar-refractivity contribution in [2.24, 2.45) is 5.92 Å². The minimum Gasteiger partial charge on any atom is -0.492 e. The third-order valence-electron chi connectivity index (χ3n) is 5.42. The molecule has 0 amide bonds. The summed E-state index contributed by atoms with van der Waals surface area (Å²) in [6.07, 6.45) is 7.31. The number of hydrogen-bond donors (Lipinski definition) is 1. The highest BCUT2D eigenvalue weighted by Crippen LogP contribution is 2.33. The molecule has 1 aliphatic heterocycles. The van der Waals surface area contributed by atoms with Gasteiger partial charge in [0.2, 0.25) is 0 Å². The van der Waals surface area contributed by atoms with Crippen molar-refractivity contribution >= 4 is 11.3 Å². The Morgan fingerprint density at radius 1 is 1.18 bits per heavy atom. The third kappa shape index (κ3) is 5.01. The van der Waals surface area contributed by atoms with Crippen molar-refractivity contribution in [3.8, 4) is 5.75 Å². The van der Waals surface area contributed by atoms with E-state index in [0.717, 1.165) is 49.6 Å². The van der Waals surface area contributed by atoms with E-state index in [1.807, 2.05) is 28.3 Å². The molecule has 0 bridgehead atoms. The van der Waals surface area contributed by atoms with Gasteiger partial charge in [0.15, 0.2) is 0 Å². The van der Waals surface area contributed by atoms with Crippen LogP contribution in [-0.4, -0.2) is 39.3 Å². The van der Waals surface area contributed by atoms with Crippen LogP contribution in [0.4, 0.5) is 0 Å². The van der Waals surface area contributed by atoms with Gasteiger partial charge in [0, 0.05) is 23.8 Å². The molecule has 1 atom stereocenters. The monoisotopic (exact) mass is 397 g/mol. The number of thiophene rings is 1. The molecule has 0 spiro atoms. The summed E-state index contributed by atoms with van der Waals surface area (Å²) < 4.78 is 7.82. The predicted molar refractivity (Wildman–Crippen MR) is 111 cm³/mol. The fraction of sp³-hybridized carbons (Fsp3) is 0.409. The molecule has 5 nitrogen and oxygen atoms in total. The lowest BCUT2D eigenvalue weighted by Gasteiger charge is -2.34. The number of imidazole rings is 1. The Morgan fingerprint density at radius 2 is 2.00 bits per heavy atom. The first-order valence-corrected chi connectivity index (χ1v) is 10.8. The number of piperidine rings is 1. The molecule has 1 saturated heterocycles. The molecular weight excluding hydrogens is 370 g/mol. The second kappa shape index (κ2) is 9.37. The third-order valence-corrected chi connectivity index (χ3v) is 6.36. The van der Waals surface area contributed by atoms with Crippen molar-refractivity contribution in [2.75, 3.05) is 19.7 Å². The quantitative estimate of drug-likeness (QED) is 0.625. The van der Waals surface area contributed by atoms with Gasteiger partial charge in [0.1, 0.15) is 12.4 Å². The van der Waals surface area contributed by atoms with Crippen LogP contribution in [0.5, 0.6) is 5.75 Å². The number of aromatic nitrogens is 2. The zero-order chi connectivity index (χ0) is 19.2. The van der Waals surface area contributed by atoms with Crippen molar-refractivity contribution < 1.29 is 9.84 Å². The molecule has 1 aliphatic rings. The van der Waals surface area contributed by atoms with Crippen molar-refractivity contribution in [1.29, 1.82) is 0 Å². The first-order chi connectivity index (χ1) is 13.8. The van der Waals surface area contributed by atoms with E-state index in [-0.39, 0.29) is 6.10 Å². The van der Waals surface area contributed by atoms with Crippen LogP contribution >= 0.6 is 11.3 Å². The highest BCUT2D eigenvalue weighted by molar-refractivity contribution is 7.10. The molecule has 0 aliphatic carbocycles. The molecule has 1 unspecified atom stereocenters. The van der Waals surface area contributed by atoms with Gasteiger partial charge in [-0.25, -0.2) is 4.98 Å². The molecule has 4 rings (SSSR count). The lowest BCUT2D eigenvalue weighted by molar-refractivity contribution is 0.0591. The van der Waals surface area contributed by atoms with E-state index in [4.69, 9.17) is 4.74 Å². The Kier molecular flexibility index (Phi) is 6.41. The van der Waals surface area contributed by atoms with Gasteiger partial charge >= 0.3 is 0 Å². The van der Waals surface area contributed by atoms with Crippen LogP contribution in [0.2, 0.25) is 0 Å². The average molecular weight is 398 g/mol. The Labute approximate surface area is 170 Å². The maximum atomic E-state index is 10.5. The van der Waals surface area contributed by atoms with E-state index in [1.165, 1.54) is 5.56 Å². The summed E-state index contributed by atoms with van der Waals surface area (Å²) >= 11 is 1.65. The van der Waals surface area contributed by atoms with Crippen LogP contribution in [0.25, 0.3) is 0 Å². The van der Waals surface area contributed by atoms with E-state index in [9.17, 15) is 5.11 Å². The van der Waals surface area contributed by atoms with Crippen LogP contribution in [0.1, 0.15) is 29.4 Å². The maximum absolute atomic E-state index is 10.5. The highest BCUT2D eigenvalue weighted by Gasteiger charge is 2.26. The smallest absolute Gasteiger partial charge is 0.119 e.